The Hall–Kier alpha value is -0.330. The second-order valence-corrected chi connectivity index (χ2v) is 5.88. The molecule has 2 rings (SSSR count). The van der Waals surface area contributed by atoms with Crippen molar-refractivity contribution in [1.82, 2.24) is 0 Å². The van der Waals surface area contributed by atoms with Gasteiger partial charge in [0, 0.05) is 14.5 Å². The molecule has 0 saturated carbocycles. The highest BCUT2D eigenvalue weighted by Gasteiger charge is 2.16. The smallest absolute Gasteiger partial charge is 0.125 e. The average molecular weight is 406 g/mol. The molecule has 0 aliphatic rings. The van der Waals surface area contributed by atoms with E-state index in [1.807, 2.05) is 30.3 Å². The third kappa shape index (κ3) is 2.92. The average Bonchev–Trinajstić information content (AvgIpc) is 2.80. The molecule has 0 radical (unpaired) electrons. The van der Waals surface area contributed by atoms with Gasteiger partial charge < -0.3 is 10.2 Å². The molecule has 2 aromatic rings. The van der Waals surface area contributed by atoms with Crippen LogP contribution in [0.2, 0.25) is 0 Å². The van der Waals surface area contributed by atoms with Crippen LogP contribution in [0.4, 0.5) is 0 Å². The number of halogens is 2. The number of furan rings is 1. The molecule has 4 heteroatoms. The van der Waals surface area contributed by atoms with E-state index in [9.17, 15) is 0 Å². The van der Waals surface area contributed by atoms with E-state index in [1.165, 1.54) is 0 Å². The quantitative estimate of drug-likeness (QED) is 0.775. The first-order chi connectivity index (χ1) is 8.11. The number of nitrogens with two attached hydrogens (primary N) is 1. The zero-order valence-corrected chi connectivity index (χ0v) is 13.2. The lowest BCUT2D eigenvalue weighted by atomic mass is 10.1. The van der Waals surface area contributed by atoms with Gasteiger partial charge in [0.25, 0.3) is 0 Å². The van der Waals surface area contributed by atoms with Crippen molar-refractivity contribution in [2.24, 2.45) is 5.73 Å². The van der Waals surface area contributed by atoms with Crippen molar-refractivity contribution >= 4 is 38.5 Å². The first kappa shape index (κ1) is 13.1. The molecule has 1 heterocycles. The molecule has 0 amide bonds. The number of aryl methyl sites for hydroxylation is 1. The highest BCUT2D eigenvalue weighted by Crippen LogP contribution is 2.28. The van der Waals surface area contributed by atoms with Crippen molar-refractivity contribution < 1.29 is 4.42 Å². The van der Waals surface area contributed by atoms with Crippen molar-refractivity contribution in [3.8, 4) is 0 Å². The molecule has 0 aliphatic heterocycles. The van der Waals surface area contributed by atoms with Crippen LogP contribution in [0.25, 0.3) is 0 Å². The van der Waals surface area contributed by atoms with Crippen LogP contribution < -0.4 is 5.73 Å². The van der Waals surface area contributed by atoms with E-state index in [0.717, 1.165) is 31.5 Å². The molecule has 2 N–H and O–H groups in total. The zero-order chi connectivity index (χ0) is 12.4. The van der Waals surface area contributed by atoms with Crippen LogP contribution in [-0.2, 0) is 6.42 Å². The van der Waals surface area contributed by atoms with Crippen LogP contribution in [0, 0.1) is 3.57 Å². The van der Waals surface area contributed by atoms with Gasteiger partial charge >= 0.3 is 0 Å². The van der Waals surface area contributed by atoms with E-state index in [2.05, 4.69) is 45.4 Å². The van der Waals surface area contributed by atoms with E-state index in [-0.39, 0.29) is 6.04 Å². The minimum Gasteiger partial charge on any atom is -0.464 e. The van der Waals surface area contributed by atoms with Gasteiger partial charge in [0.05, 0.1) is 6.04 Å². The maximum Gasteiger partial charge on any atom is 0.125 e. The Labute approximate surface area is 123 Å². The summed E-state index contributed by atoms with van der Waals surface area (Å²) in [6.45, 7) is 2.07. The predicted molar refractivity (Wildman–Crippen MR) is 81.0 cm³/mol. The summed E-state index contributed by atoms with van der Waals surface area (Å²) in [4.78, 5) is 0. The normalized spacial score (nSPS) is 12.7. The van der Waals surface area contributed by atoms with Gasteiger partial charge in [0.1, 0.15) is 11.5 Å². The lowest BCUT2D eigenvalue weighted by Gasteiger charge is -2.12. The minimum absolute atomic E-state index is 0.209. The van der Waals surface area contributed by atoms with Gasteiger partial charge in [-0.25, -0.2) is 0 Å². The second-order valence-electron chi connectivity index (χ2n) is 3.80. The van der Waals surface area contributed by atoms with Crippen molar-refractivity contribution in [2.45, 2.75) is 19.4 Å². The monoisotopic (exact) mass is 405 g/mol. The van der Waals surface area contributed by atoms with Crippen molar-refractivity contribution in [1.29, 1.82) is 0 Å². The van der Waals surface area contributed by atoms with Gasteiger partial charge in [-0.15, -0.1) is 0 Å². The Morgan fingerprint density at radius 1 is 1.35 bits per heavy atom. The number of hydrogen-bond donors (Lipinski definition) is 1. The topological polar surface area (TPSA) is 39.2 Å². The Morgan fingerprint density at radius 3 is 2.76 bits per heavy atom. The van der Waals surface area contributed by atoms with E-state index in [4.69, 9.17) is 10.2 Å². The third-order valence-electron chi connectivity index (χ3n) is 2.63. The molecule has 1 aromatic carbocycles. The first-order valence-corrected chi connectivity index (χ1v) is 7.28. The lowest BCUT2D eigenvalue weighted by Crippen LogP contribution is -2.12. The van der Waals surface area contributed by atoms with E-state index >= 15 is 0 Å². The van der Waals surface area contributed by atoms with Crippen LogP contribution in [0.3, 0.4) is 0 Å². The van der Waals surface area contributed by atoms with Crippen molar-refractivity contribution in [2.75, 3.05) is 0 Å². The Bertz CT molecular complexity index is 524. The molecule has 0 aliphatic carbocycles. The minimum atomic E-state index is -0.209. The van der Waals surface area contributed by atoms with Crippen LogP contribution in [0.5, 0.6) is 0 Å². The largest absolute Gasteiger partial charge is 0.464 e. The summed E-state index contributed by atoms with van der Waals surface area (Å²) < 4.78 is 7.88. The number of benzene rings is 1. The fraction of sp³-hybridized carbons (Fsp3) is 0.231. The summed E-state index contributed by atoms with van der Waals surface area (Å²) in [5.74, 6) is 1.79. The van der Waals surface area contributed by atoms with Crippen molar-refractivity contribution in [3.63, 3.8) is 0 Å². The molecule has 1 atom stereocenters. The molecule has 0 bridgehead atoms. The van der Waals surface area contributed by atoms with Crippen LogP contribution in [-0.4, -0.2) is 0 Å². The fourth-order valence-corrected chi connectivity index (χ4v) is 2.71. The molecule has 0 spiro atoms. The molecule has 17 heavy (non-hydrogen) atoms. The summed E-state index contributed by atoms with van der Waals surface area (Å²) in [6.07, 6.45) is 0.891. The molecule has 2 nitrogen and oxygen atoms in total. The lowest BCUT2D eigenvalue weighted by molar-refractivity contribution is 0.453. The van der Waals surface area contributed by atoms with Crippen LogP contribution in [0.1, 0.15) is 30.0 Å². The summed E-state index contributed by atoms with van der Waals surface area (Å²) in [7, 11) is 0. The molecule has 0 fully saturated rings. The Balaban J connectivity index is 2.35. The molecule has 1 unspecified atom stereocenters. The highest BCUT2D eigenvalue weighted by atomic mass is 127. The number of hydrogen-bond acceptors (Lipinski definition) is 2. The molecule has 0 saturated heterocycles. The Morgan fingerprint density at radius 2 is 2.12 bits per heavy atom. The predicted octanol–water partition coefficient (Wildman–Crippen LogP) is 4.26. The molecular weight excluding hydrogens is 393 g/mol. The zero-order valence-electron chi connectivity index (χ0n) is 9.41. The van der Waals surface area contributed by atoms with Gasteiger partial charge in [0.15, 0.2) is 0 Å². The summed E-state index contributed by atoms with van der Waals surface area (Å²) in [5.41, 5.74) is 7.32. The molecule has 1 aromatic heterocycles. The van der Waals surface area contributed by atoms with E-state index in [1.54, 1.807) is 0 Å². The van der Waals surface area contributed by atoms with Crippen molar-refractivity contribution in [3.05, 3.63) is 55.5 Å². The van der Waals surface area contributed by atoms with Crippen LogP contribution in [0.15, 0.2) is 39.2 Å². The maximum atomic E-state index is 6.23. The molecule has 90 valence electrons. The summed E-state index contributed by atoms with van der Waals surface area (Å²) >= 11 is 5.76. The number of rotatable bonds is 3. The van der Waals surface area contributed by atoms with Gasteiger partial charge in [-0.3, -0.25) is 0 Å². The van der Waals surface area contributed by atoms with E-state index < -0.39 is 0 Å². The SMILES string of the molecule is CCc1ccc(C(N)c2cc(Br)ccc2I)o1. The fourth-order valence-electron chi connectivity index (χ4n) is 1.66. The molecular formula is C13H13BrINO. The summed E-state index contributed by atoms with van der Waals surface area (Å²) in [6, 6.07) is 9.84. The van der Waals surface area contributed by atoms with Gasteiger partial charge in [0.2, 0.25) is 0 Å². The highest BCUT2D eigenvalue weighted by molar-refractivity contribution is 14.1. The van der Waals surface area contributed by atoms with Gasteiger partial charge in [-0.2, -0.15) is 0 Å². The third-order valence-corrected chi connectivity index (χ3v) is 4.11. The standard InChI is InChI=1S/C13H13BrINO/c1-2-9-4-6-12(17-9)13(16)10-7-8(14)3-5-11(10)15/h3-7,13H,2,16H2,1H3. The Kier molecular flexibility index (Phi) is 4.27. The first-order valence-electron chi connectivity index (χ1n) is 5.41. The van der Waals surface area contributed by atoms with Gasteiger partial charge in [-0.1, -0.05) is 22.9 Å². The maximum absolute atomic E-state index is 6.23. The van der Waals surface area contributed by atoms with E-state index in [0.29, 0.717) is 0 Å². The second kappa shape index (κ2) is 5.54. The van der Waals surface area contributed by atoms with Crippen LogP contribution >= 0.6 is 38.5 Å². The van der Waals surface area contributed by atoms with Gasteiger partial charge in [-0.05, 0) is 58.5 Å². The summed E-state index contributed by atoms with van der Waals surface area (Å²) in [5, 5.41) is 0.